The molecular formula is C16H28NO3+. The van der Waals surface area contributed by atoms with Gasteiger partial charge in [0.05, 0.1) is 19.7 Å². The summed E-state index contributed by atoms with van der Waals surface area (Å²) in [4.78, 5) is 0. The molecule has 0 spiro atoms. The summed E-state index contributed by atoms with van der Waals surface area (Å²) >= 11 is 0. The lowest BCUT2D eigenvalue weighted by Crippen LogP contribution is -2.54. The van der Waals surface area contributed by atoms with Gasteiger partial charge in [-0.2, -0.15) is 0 Å². The quantitative estimate of drug-likeness (QED) is 0.676. The lowest BCUT2D eigenvalue weighted by Gasteiger charge is -2.38. The second-order valence-corrected chi connectivity index (χ2v) is 5.38. The van der Waals surface area contributed by atoms with Gasteiger partial charge in [0, 0.05) is 0 Å². The summed E-state index contributed by atoms with van der Waals surface area (Å²) in [6, 6.07) is 8.02. The van der Waals surface area contributed by atoms with E-state index in [2.05, 4.69) is 13.8 Å². The minimum atomic E-state index is -0.658. The van der Waals surface area contributed by atoms with E-state index in [0.29, 0.717) is 13.2 Å². The summed E-state index contributed by atoms with van der Waals surface area (Å²) < 4.78 is 6.56. The van der Waals surface area contributed by atoms with Crippen molar-refractivity contribution in [3.8, 4) is 5.75 Å². The molecule has 20 heavy (non-hydrogen) atoms. The molecule has 114 valence electrons. The maximum atomic E-state index is 9.70. The van der Waals surface area contributed by atoms with Crippen molar-refractivity contribution in [3.05, 3.63) is 29.8 Å². The number of likely N-dealkylation sites (N-methyl/N-ethyl adjacent to an activating group) is 1. The lowest BCUT2D eigenvalue weighted by atomic mass is 10.2. The fraction of sp³-hybridized carbons (Fsp3) is 0.625. The third kappa shape index (κ3) is 5.12. The Hall–Kier alpha value is -1.10. The Morgan fingerprint density at radius 3 is 2.50 bits per heavy atom. The Morgan fingerprint density at radius 1 is 1.25 bits per heavy atom. The van der Waals surface area contributed by atoms with Crippen molar-refractivity contribution in [2.45, 2.75) is 26.9 Å². The Morgan fingerprint density at radius 2 is 1.95 bits per heavy atom. The standard InChI is InChI=1S/C16H28NO3/c1-4-17(5-2,12-15(19)13-18)9-10-20-16-8-6-7-14(3)11-16/h6-8,11,15,18-19H,4-5,9-10,12-13H2,1-3H3/q+1. The summed E-state index contributed by atoms with van der Waals surface area (Å²) in [5.41, 5.74) is 1.19. The third-order valence-electron chi connectivity index (χ3n) is 3.97. The van der Waals surface area contributed by atoms with Crippen LogP contribution in [0, 0.1) is 6.92 Å². The number of aliphatic hydroxyl groups is 2. The zero-order valence-electron chi connectivity index (χ0n) is 12.9. The number of quaternary nitrogens is 1. The maximum absolute atomic E-state index is 9.70. The fourth-order valence-corrected chi connectivity index (χ4v) is 2.46. The molecule has 2 N–H and O–H groups in total. The van der Waals surface area contributed by atoms with Crippen LogP contribution in [0.4, 0.5) is 0 Å². The van der Waals surface area contributed by atoms with Gasteiger partial charge in [-0.05, 0) is 38.5 Å². The molecule has 0 saturated carbocycles. The van der Waals surface area contributed by atoms with Crippen LogP contribution >= 0.6 is 0 Å². The Balaban J connectivity index is 2.54. The normalized spacial score (nSPS) is 13.2. The van der Waals surface area contributed by atoms with Gasteiger partial charge in [-0.15, -0.1) is 0 Å². The molecule has 0 aromatic heterocycles. The van der Waals surface area contributed by atoms with E-state index in [9.17, 15) is 5.11 Å². The number of ether oxygens (including phenoxy) is 1. The molecule has 0 amide bonds. The second kappa shape index (κ2) is 8.25. The number of aliphatic hydroxyl groups excluding tert-OH is 2. The molecule has 0 radical (unpaired) electrons. The van der Waals surface area contributed by atoms with Crippen molar-refractivity contribution in [1.82, 2.24) is 0 Å². The molecular weight excluding hydrogens is 254 g/mol. The minimum Gasteiger partial charge on any atom is -0.488 e. The molecule has 0 aliphatic rings. The van der Waals surface area contributed by atoms with Crippen molar-refractivity contribution >= 4 is 0 Å². The van der Waals surface area contributed by atoms with Crippen LogP contribution in [0.2, 0.25) is 0 Å². The average Bonchev–Trinajstić information content (AvgIpc) is 2.46. The number of aryl methyl sites for hydroxylation is 1. The van der Waals surface area contributed by atoms with Gasteiger partial charge in [-0.25, -0.2) is 0 Å². The van der Waals surface area contributed by atoms with E-state index in [1.807, 2.05) is 31.2 Å². The van der Waals surface area contributed by atoms with E-state index < -0.39 is 6.10 Å². The van der Waals surface area contributed by atoms with E-state index in [4.69, 9.17) is 9.84 Å². The Bertz CT molecular complexity index is 391. The monoisotopic (exact) mass is 282 g/mol. The first-order valence-electron chi connectivity index (χ1n) is 7.38. The number of nitrogens with zero attached hydrogens (tertiary/aromatic N) is 1. The molecule has 1 rings (SSSR count). The van der Waals surface area contributed by atoms with E-state index >= 15 is 0 Å². The molecule has 0 aliphatic heterocycles. The van der Waals surface area contributed by atoms with Gasteiger partial charge in [-0.1, -0.05) is 12.1 Å². The smallest absolute Gasteiger partial charge is 0.137 e. The minimum absolute atomic E-state index is 0.182. The highest BCUT2D eigenvalue weighted by Crippen LogP contribution is 2.14. The van der Waals surface area contributed by atoms with Crippen molar-refractivity contribution in [2.24, 2.45) is 0 Å². The Labute approximate surface area is 122 Å². The number of benzene rings is 1. The molecule has 0 fully saturated rings. The fourth-order valence-electron chi connectivity index (χ4n) is 2.46. The molecule has 1 unspecified atom stereocenters. The van der Waals surface area contributed by atoms with Gasteiger partial charge in [-0.3, -0.25) is 0 Å². The molecule has 0 bridgehead atoms. The Kier molecular flexibility index (Phi) is 6.99. The number of hydrogen-bond donors (Lipinski definition) is 2. The highest BCUT2D eigenvalue weighted by atomic mass is 16.5. The SMILES string of the molecule is CC[N+](CC)(CCOc1cccc(C)c1)CC(O)CO. The van der Waals surface area contributed by atoms with E-state index in [-0.39, 0.29) is 6.61 Å². The summed E-state index contributed by atoms with van der Waals surface area (Å²) in [5, 5.41) is 18.7. The molecule has 0 saturated heterocycles. The van der Waals surface area contributed by atoms with E-state index in [1.54, 1.807) is 0 Å². The van der Waals surface area contributed by atoms with Gasteiger partial charge in [0.2, 0.25) is 0 Å². The molecule has 0 aliphatic carbocycles. The molecule has 4 nitrogen and oxygen atoms in total. The van der Waals surface area contributed by atoms with Gasteiger partial charge in [0.15, 0.2) is 0 Å². The van der Waals surface area contributed by atoms with Gasteiger partial charge in [0.1, 0.15) is 31.5 Å². The zero-order chi connectivity index (χ0) is 15.0. The number of rotatable bonds is 9. The van der Waals surface area contributed by atoms with Crippen molar-refractivity contribution in [1.29, 1.82) is 0 Å². The third-order valence-corrected chi connectivity index (χ3v) is 3.97. The van der Waals surface area contributed by atoms with Crippen molar-refractivity contribution < 1.29 is 19.4 Å². The first-order valence-corrected chi connectivity index (χ1v) is 7.38. The van der Waals surface area contributed by atoms with Gasteiger partial charge in [0.25, 0.3) is 0 Å². The molecule has 1 aromatic carbocycles. The highest BCUT2D eigenvalue weighted by Gasteiger charge is 2.26. The summed E-state index contributed by atoms with van der Waals surface area (Å²) in [6.07, 6.45) is -0.658. The number of hydrogen-bond acceptors (Lipinski definition) is 3. The van der Waals surface area contributed by atoms with Crippen LogP contribution in [0.25, 0.3) is 0 Å². The van der Waals surface area contributed by atoms with Crippen molar-refractivity contribution in [2.75, 3.05) is 39.4 Å². The van der Waals surface area contributed by atoms with Gasteiger partial charge >= 0.3 is 0 Å². The summed E-state index contributed by atoms with van der Waals surface area (Å²) in [7, 11) is 0. The van der Waals surface area contributed by atoms with E-state index in [1.165, 1.54) is 5.56 Å². The maximum Gasteiger partial charge on any atom is 0.137 e. The van der Waals surface area contributed by atoms with Gasteiger partial charge < -0.3 is 19.4 Å². The molecule has 1 aromatic rings. The van der Waals surface area contributed by atoms with E-state index in [0.717, 1.165) is 29.9 Å². The highest BCUT2D eigenvalue weighted by molar-refractivity contribution is 5.27. The summed E-state index contributed by atoms with van der Waals surface area (Å²) in [5.74, 6) is 0.887. The van der Waals surface area contributed by atoms with Crippen LogP contribution in [-0.2, 0) is 0 Å². The van der Waals surface area contributed by atoms with Crippen molar-refractivity contribution in [3.63, 3.8) is 0 Å². The largest absolute Gasteiger partial charge is 0.488 e. The van der Waals surface area contributed by atoms with Crippen LogP contribution < -0.4 is 4.74 Å². The first-order chi connectivity index (χ1) is 9.55. The molecule has 1 atom stereocenters. The van der Waals surface area contributed by atoms with Crippen LogP contribution in [0.5, 0.6) is 5.75 Å². The predicted octanol–water partition coefficient (Wildman–Crippen LogP) is 1.58. The zero-order valence-corrected chi connectivity index (χ0v) is 12.9. The topological polar surface area (TPSA) is 49.7 Å². The average molecular weight is 282 g/mol. The first kappa shape index (κ1) is 17.0. The van der Waals surface area contributed by atoms with Crippen LogP contribution in [-0.4, -0.2) is 60.2 Å². The second-order valence-electron chi connectivity index (χ2n) is 5.38. The summed E-state index contributed by atoms with van der Waals surface area (Å²) in [6.45, 7) is 9.94. The predicted molar refractivity (Wildman–Crippen MR) is 80.8 cm³/mol. The molecule has 0 heterocycles. The van der Waals surface area contributed by atoms with Crippen LogP contribution in [0.3, 0.4) is 0 Å². The molecule has 4 heteroatoms. The van der Waals surface area contributed by atoms with Crippen LogP contribution in [0.1, 0.15) is 19.4 Å². The van der Waals surface area contributed by atoms with Crippen LogP contribution in [0.15, 0.2) is 24.3 Å². The lowest BCUT2D eigenvalue weighted by molar-refractivity contribution is -0.927.